The molecule has 3 aromatic rings. The lowest BCUT2D eigenvalue weighted by atomic mass is 10.1. The van der Waals surface area contributed by atoms with Crippen LogP contribution in [0.5, 0.6) is 0 Å². The number of sulfonamides is 1. The van der Waals surface area contributed by atoms with Gasteiger partial charge in [-0.2, -0.15) is 4.31 Å². The zero-order valence-electron chi connectivity index (χ0n) is 20.1. The summed E-state index contributed by atoms with van der Waals surface area (Å²) in [5.41, 5.74) is 3.36. The number of anilines is 1. The normalized spacial score (nSPS) is 16.7. The van der Waals surface area contributed by atoms with Crippen molar-refractivity contribution in [1.82, 2.24) is 13.7 Å². The van der Waals surface area contributed by atoms with Crippen LogP contribution in [0.15, 0.2) is 52.2 Å². The molecule has 180 valence electrons. The molecule has 1 amide bonds. The Morgan fingerprint density at radius 3 is 2.26 bits per heavy atom. The highest BCUT2D eigenvalue weighted by Crippen LogP contribution is 2.31. The van der Waals surface area contributed by atoms with E-state index in [-0.39, 0.29) is 22.7 Å². The summed E-state index contributed by atoms with van der Waals surface area (Å²) in [6.45, 7) is 7.48. The molecule has 0 bridgehead atoms. The van der Waals surface area contributed by atoms with Crippen molar-refractivity contribution >= 4 is 21.6 Å². The molecule has 0 spiro atoms. The number of nitrogens with one attached hydrogen (secondary N) is 1. The Hall–Kier alpha value is -3.17. The predicted molar refractivity (Wildman–Crippen MR) is 132 cm³/mol. The van der Waals surface area contributed by atoms with E-state index in [1.807, 2.05) is 49.4 Å². The van der Waals surface area contributed by atoms with Gasteiger partial charge < -0.3 is 5.32 Å². The van der Waals surface area contributed by atoms with Crippen LogP contribution in [0.25, 0.3) is 5.69 Å². The molecule has 1 aromatic heterocycles. The van der Waals surface area contributed by atoms with Crippen LogP contribution in [0, 0.1) is 27.7 Å². The van der Waals surface area contributed by atoms with E-state index in [4.69, 9.17) is 0 Å². The van der Waals surface area contributed by atoms with Crippen molar-refractivity contribution in [3.8, 4) is 5.69 Å². The maximum atomic E-state index is 13.6. The molecule has 1 saturated heterocycles. The molecule has 0 aliphatic carbocycles. The van der Waals surface area contributed by atoms with Crippen molar-refractivity contribution in [1.29, 1.82) is 0 Å². The van der Waals surface area contributed by atoms with Gasteiger partial charge in [0.25, 0.3) is 5.56 Å². The number of amides is 1. The van der Waals surface area contributed by atoms with E-state index in [2.05, 4.69) is 5.32 Å². The SMILES string of the molecule is Cc1cc(C)c(S(=O)(=O)N2CCCC2C(=O)Nc2c(C)n(C)n(-c3ccccc3)c2=O)c(C)c1. The summed E-state index contributed by atoms with van der Waals surface area (Å²) in [6, 6.07) is 11.9. The van der Waals surface area contributed by atoms with Gasteiger partial charge in [0.2, 0.25) is 15.9 Å². The minimum Gasteiger partial charge on any atom is -0.319 e. The maximum absolute atomic E-state index is 13.6. The van der Waals surface area contributed by atoms with Gasteiger partial charge in [-0.25, -0.2) is 13.1 Å². The summed E-state index contributed by atoms with van der Waals surface area (Å²) in [6.07, 6.45) is 0.969. The van der Waals surface area contributed by atoms with Gasteiger partial charge in [0.15, 0.2) is 0 Å². The van der Waals surface area contributed by atoms with E-state index >= 15 is 0 Å². The number of nitrogens with zero attached hydrogens (tertiary/aromatic N) is 3. The first-order chi connectivity index (χ1) is 16.0. The fourth-order valence-electron chi connectivity index (χ4n) is 4.90. The third-order valence-corrected chi connectivity index (χ3v) is 8.69. The average Bonchev–Trinajstić information content (AvgIpc) is 3.34. The summed E-state index contributed by atoms with van der Waals surface area (Å²) in [4.78, 5) is 26.7. The van der Waals surface area contributed by atoms with Gasteiger partial charge in [0, 0.05) is 13.6 Å². The number of para-hydroxylation sites is 1. The predicted octanol–water partition coefficient (Wildman–Crippen LogP) is 3.20. The quantitative estimate of drug-likeness (QED) is 0.604. The summed E-state index contributed by atoms with van der Waals surface area (Å²) in [5.74, 6) is -0.491. The fraction of sp³-hybridized carbons (Fsp3) is 0.360. The van der Waals surface area contributed by atoms with Crippen LogP contribution in [-0.2, 0) is 21.9 Å². The minimum atomic E-state index is -3.89. The maximum Gasteiger partial charge on any atom is 0.295 e. The first-order valence-corrected chi connectivity index (χ1v) is 12.7. The van der Waals surface area contributed by atoms with Crippen molar-refractivity contribution in [3.05, 3.63) is 75.2 Å². The van der Waals surface area contributed by atoms with E-state index < -0.39 is 22.0 Å². The standard InChI is InChI=1S/C25H30N4O4S/c1-16-14-17(2)23(18(3)15-16)34(32,33)28-13-9-12-21(28)24(30)26-22-19(4)27(5)29(25(22)31)20-10-7-6-8-11-20/h6-8,10-11,14-15,21H,9,12-13H2,1-5H3,(H,26,30). The van der Waals surface area contributed by atoms with Gasteiger partial charge in [-0.3, -0.25) is 14.3 Å². The average molecular weight is 483 g/mol. The van der Waals surface area contributed by atoms with Crippen LogP contribution in [0.3, 0.4) is 0 Å². The number of benzene rings is 2. The van der Waals surface area contributed by atoms with E-state index in [9.17, 15) is 18.0 Å². The number of rotatable bonds is 5. The lowest BCUT2D eigenvalue weighted by Crippen LogP contribution is -2.44. The molecule has 1 N–H and O–H groups in total. The molecule has 1 fully saturated rings. The molecule has 0 saturated carbocycles. The molecule has 1 aliphatic heterocycles. The van der Waals surface area contributed by atoms with Gasteiger partial charge in [-0.15, -0.1) is 0 Å². The van der Waals surface area contributed by atoms with Crippen LogP contribution in [0.1, 0.15) is 35.2 Å². The summed E-state index contributed by atoms with van der Waals surface area (Å²) in [5, 5.41) is 2.74. The third-order valence-electron chi connectivity index (χ3n) is 6.48. The largest absolute Gasteiger partial charge is 0.319 e. The Morgan fingerprint density at radius 2 is 1.65 bits per heavy atom. The fourth-order valence-corrected chi connectivity index (χ4v) is 6.97. The topological polar surface area (TPSA) is 93.4 Å². The van der Waals surface area contributed by atoms with E-state index in [0.29, 0.717) is 35.3 Å². The smallest absolute Gasteiger partial charge is 0.295 e. The first kappa shape index (κ1) is 24.0. The van der Waals surface area contributed by atoms with Crippen molar-refractivity contribution in [2.75, 3.05) is 11.9 Å². The Bertz CT molecular complexity index is 1400. The highest BCUT2D eigenvalue weighted by atomic mass is 32.2. The second-order valence-corrected chi connectivity index (χ2v) is 10.8. The van der Waals surface area contributed by atoms with E-state index in [0.717, 1.165) is 5.56 Å². The lowest BCUT2D eigenvalue weighted by Gasteiger charge is -2.25. The number of hydrogen-bond donors (Lipinski definition) is 1. The summed E-state index contributed by atoms with van der Waals surface area (Å²) < 4.78 is 31.6. The van der Waals surface area contributed by atoms with Crippen molar-refractivity contribution in [2.24, 2.45) is 7.05 Å². The molecule has 34 heavy (non-hydrogen) atoms. The van der Waals surface area contributed by atoms with Crippen molar-refractivity contribution in [3.63, 3.8) is 0 Å². The Balaban J connectivity index is 1.67. The zero-order valence-corrected chi connectivity index (χ0v) is 20.9. The van der Waals surface area contributed by atoms with Gasteiger partial charge in [-0.05, 0) is 63.8 Å². The molecule has 4 rings (SSSR count). The molecule has 2 heterocycles. The van der Waals surface area contributed by atoms with Crippen LogP contribution >= 0.6 is 0 Å². The highest BCUT2D eigenvalue weighted by Gasteiger charge is 2.41. The Morgan fingerprint density at radius 1 is 1.03 bits per heavy atom. The van der Waals surface area contributed by atoms with Crippen LogP contribution in [0.2, 0.25) is 0 Å². The highest BCUT2D eigenvalue weighted by molar-refractivity contribution is 7.89. The molecule has 8 nitrogen and oxygen atoms in total. The second-order valence-electron chi connectivity index (χ2n) is 8.93. The third kappa shape index (κ3) is 3.99. The number of carbonyl (C=O) groups is 1. The van der Waals surface area contributed by atoms with Gasteiger partial charge in [0.1, 0.15) is 11.7 Å². The van der Waals surface area contributed by atoms with Crippen LogP contribution in [0.4, 0.5) is 5.69 Å². The molecule has 2 aromatic carbocycles. The number of hydrogen-bond acceptors (Lipinski definition) is 4. The van der Waals surface area contributed by atoms with Crippen molar-refractivity contribution in [2.45, 2.75) is 51.5 Å². The number of aromatic nitrogens is 2. The molecular weight excluding hydrogens is 452 g/mol. The summed E-state index contributed by atoms with van der Waals surface area (Å²) in [7, 11) is -2.14. The van der Waals surface area contributed by atoms with Gasteiger partial charge in [-0.1, -0.05) is 35.9 Å². The second kappa shape index (κ2) is 8.88. The molecule has 1 atom stereocenters. The molecule has 1 unspecified atom stereocenters. The monoisotopic (exact) mass is 482 g/mol. The lowest BCUT2D eigenvalue weighted by molar-refractivity contribution is -0.119. The molecule has 0 radical (unpaired) electrons. The van der Waals surface area contributed by atoms with E-state index in [1.54, 1.807) is 32.5 Å². The van der Waals surface area contributed by atoms with Gasteiger partial charge in [0.05, 0.1) is 16.3 Å². The number of aryl methyl sites for hydroxylation is 3. The Labute approximate surface area is 199 Å². The molecule has 9 heteroatoms. The van der Waals surface area contributed by atoms with Crippen LogP contribution < -0.4 is 10.9 Å². The minimum absolute atomic E-state index is 0.156. The molecule has 1 aliphatic rings. The molecular formula is C25H30N4O4S. The number of carbonyl (C=O) groups excluding carboxylic acids is 1. The van der Waals surface area contributed by atoms with Crippen LogP contribution in [-0.4, -0.2) is 40.6 Å². The van der Waals surface area contributed by atoms with Gasteiger partial charge >= 0.3 is 0 Å². The summed E-state index contributed by atoms with van der Waals surface area (Å²) >= 11 is 0. The first-order valence-electron chi connectivity index (χ1n) is 11.3. The van der Waals surface area contributed by atoms with E-state index in [1.165, 1.54) is 8.99 Å². The Kier molecular flexibility index (Phi) is 6.26. The zero-order chi connectivity index (χ0) is 24.8. The van der Waals surface area contributed by atoms with Crippen molar-refractivity contribution < 1.29 is 13.2 Å².